The van der Waals surface area contributed by atoms with Gasteiger partial charge >= 0.3 is 5.69 Å². The monoisotopic (exact) mass is 192 g/mol. The molecule has 0 unspecified atom stereocenters. The third-order valence-electron chi connectivity index (χ3n) is 1.90. The van der Waals surface area contributed by atoms with E-state index in [9.17, 15) is 9.59 Å². The third kappa shape index (κ3) is 1.28. The number of furan rings is 1. The summed E-state index contributed by atoms with van der Waals surface area (Å²) in [6.45, 7) is 1.63. The van der Waals surface area contributed by atoms with Crippen LogP contribution in [0.15, 0.2) is 38.8 Å². The molecule has 0 bridgehead atoms. The zero-order valence-corrected chi connectivity index (χ0v) is 7.48. The summed E-state index contributed by atoms with van der Waals surface area (Å²) in [4.78, 5) is 24.6. The second-order valence-corrected chi connectivity index (χ2v) is 2.92. The Hall–Kier alpha value is -2.04. The minimum Gasteiger partial charge on any atom is -0.470 e. The summed E-state index contributed by atoms with van der Waals surface area (Å²) in [6, 6.07) is 1.64. The van der Waals surface area contributed by atoms with Crippen LogP contribution in [0, 0.1) is 6.92 Å². The number of aryl methyl sites for hydroxylation is 1. The Bertz CT molecular complexity index is 548. The first-order valence-electron chi connectivity index (χ1n) is 4.03. The zero-order valence-electron chi connectivity index (χ0n) is 7.48. The molecule has 0 fully saturated rings. The maximum absolute atomic E-state index is 11.4. The van der Waals surface area contributed by atoms with E-state index in [2.05, 4.69) is 4.98 Å². The average molecular weight is 192 g/mol. The molecular formula is C9H8N2O3. The first-order chi connectivity index (χ1) is 6.68. The van der Waals surface area contributed by atoms with E-state index in [1.165, 1.54) is 23.3 Å². The summed E-state index contributed by atoms with van der Waals surface area (Å²) >= 11 is 0. The first kappa shape index (κ1) is 8.55. The fraction of sp³-hybridized carbons (Fsp3) is 0.111. The van der Waals surface area contributed by atoms with Gasteiger partial charge in [-0.15, -0.1) is 0 Å². The van der Waals surface area contributed by atoms with Crippen LogP contribution < -0.4 is 11.2 Å². The molecule has 2 heterocycles. The van der Waals surface area contributed by atoms with Crippen molar-refractivity contribution in [1.29, 1.82) is 0 Å². The molecule has 0 spiro atoms. The van der Waals surface area contributed by atoms with Crippen molar-refractivity contribution < 1.29 is 4.42 Å². The molecule has 0 aliphatic carbocycles. The number of nitrogens with one attached hydrogen (secondary N) is 1. The molecule has 0 aliphatic rings. The van der Waals surface area contributed by atoms with Crippen LogP contribution in [-0.2, 0) is 0 Å². The molecule has 2 rings (SSSR count). The summed E-state index contributed by atoms with van der Waals surface area (Å²) in [5.41, 5.74) is 0.233. The molecule has 0 amide bonds. The van der Waals surface area contributed by atoms with Crippen LogP contribution in [0.2, 0.25) is 0 Å². The second-order valence-electron chi connectivity index (χ2n) is 2.92. The number of nitrogens with zero attached hydrogens (tertiary/aromatic N) is 1. The smallest absolute Gasteiger partial charge is 0.333 e. The fourth-order valence-electron chi connectivity index (χ4n) is 1.15. The predicted octanol–water partition coefficient (Wildman–Crippen LogP) is 0.427. The van der Waals surface area contributed by atoms with Crippen LogP contribution in [0.4, 0.5) is 0 Å². The van der Waals surface area contributed by atoms with Crippen molar-refractivity contribution in [3.05, 3.63) is 51.2 Å². The van der Waals surface area contributed by atoms with Crippen LogP contribution in [0.5, 0.6) is 0 Å². The van der Waals surface area contributed by atoms with Gasteiger partial charge < -0.3 is 4.42 Å². The summed E-state index contributed by atoms with van der Waals surface area (Å²) < 4.78 is 6.16. The van der Waals surface area contributed by atoms with Gasteiger partial charge in [-0.05, 0) is 6.92 Å². The van der Waals surface area contributed by atoms with Gasteiger partial charge in [-0.3, -0.25) is 14.3 Å². The van der Waals surface area contributed by atoms with Crippen molar-refractivity contribution >= 4 is 0 Å². The molecule has 2 aromatic rings. The molecule has 0 aliphatic heterocycles. The molecule has 2 aromatic heterocycles. The molecule has 0 atom stereocenters. The van der Waals surface area contributed by atoms with Crippen molar-refractivity contribution in [2.45, 2.75) is 6.92 Å². The van der Waals surface area contributed by atoms with Gasteiger partial charge in [0.2, 0.25) is 0 Å². The Morgan fingerprint density at radius 1 is 1.43 bits per heavy atom. The highest BCUT2D eigenvalue weighted by Crippen LogP contribution is 2.03. The summed E-state index contributed by atoms with van der Waals surface area (Å²) in [5, 5.41) is 0. The normalized spacial score (nSPS) is 10.4. The molecule has 5 heteroatoms. The molecule has 1 N–H and O–H groups in total. The molecule has 0 saturated carbocycles. The van der Waals surface area contributed by atoms with Crippen LogP contribution in [0.25, 0.3) is 5.69 Å². The van der Waals surface area contributed by atoms with Gasteiger partial charge in [0, 0.05) is 17.8 Å². The fourth-order valence-corrected chi connectivity index (χ4v) is 1.15. The number of aromatic amines is 1. The summed E-state index contributed by atoms with van der Waals surface area (Å²) in [6.07, 6.45) is 4.37. The molecular weight excluding hydrogens is 184 g/mol. The number of hydrogen-bond acceptors (Lipinski definition) is 3. The third-order valence-corrected chi connectivity index (χ3v) is 1.90. The minimum atomic E-state index is -0.470. The lowest BCUT2D eigenvalue weighted by Crippen LogP contribution is -2.29. The molecule has 14 heavy (non-hydrogen) atoms. The molecule has 0 saturated heterocycles. The maximum Gasteiger partial charge on any atom is 0.333 e. The van der Waals surface area contributed by atoms with E-state index in [0.717, 1.165) is 0 Å². The van der Waals surface area contributed by atoms with Crippen molar-refractivity contribution in [3.63, 3.8) is 0 Å². The van der Waals surface area contributed by atoms with Gasteiger partial charge in [-0.2, -0.15) is 0 Å². The molecule has 0 radical (unpaired) electrons. The minimum absolute atomic E-state index is 0.366. The van der Waals surface area contributed by atoms with Gasteiger partial charge in [-0.25, -0.2) is 4.79 Å². The lowest BCUT2D eigenvalue weighted by Gasteiger charge is -2.00. The SMILES string of the molecule is Cc1cn(-c2ccoc2)c(=O)[nH]c1=O. The van der Waals surface area contributed by atoms with Crippen LogP contribution in [0.3, 0.4) is 0 Å². The number of aromatic nitrogens is 2. The lowest BCUT2D eigenvalue weighted by molar-refractivity contribution is 0.565. The standard InChI is InChI=1S/C9H8N2O3/c1-6-4-11(7-2-3-14-5-7)9(13)10-8(6)12/h2-5H,1H3,(H,10,12,13). The van der Waals surface area contributed by atoms with Crippen LogP contribution in [-0.4, -0.2) is 9.55 Å². The van der Waals surface area contributed by atoms with Gasteiger partial charge in [0.05, 0.1) is 12.0 Å². The molecule has 72 valence electrons. The highest BCUT2D eigenvalue weighted by molar-refractivity contribution is 5.26. The van der Waals surface area contributed by atoms with E-state index in [1.807, 2.05) is 0 Å². The van der Waals surface area contributed by atoms with Crippen molar-refractivity contribution in [2.24, 2.45) is 0 Å². The summed E-state index contributed by atoms with van der Waals surface area (Å²) in [7, 11) is 0. The first-order valence-corrected chi connectivity index (χ1v) is 4.03. The Kier molecular flexibility index (Phi) is 1.85. The Morgan fingerprint density at radius 2 is 2.21 bits per heavy atom. The van der Waals surface area contributed by atoms with Crippen molar-refractivity contribution in [1.82, 2.24) is 9.55 Å². The van der Waals surface area contributed by atoms with E-state index in [0.29, 0.717) is 11.3 Å². The van der Waals surface area contributed by atoms with E-state index < -0.39 is 5.69 Å². The van der Waals surface area contributed by atoms with E-state index in [1.54, 1.807) is 13.0 Å². The summed E-state index contributed by atoms with van der Waals surface area (Å²) in [5.74, 6) is 0. The topological polar surface area (TPSA) is 68.0 Å². The molecule has 5 nitrogen and oxygen atoms in total. The van der Waals surface area contributed by atoms with Gasteiger partial charge in [0.15, 0.2) is 0 Å². The van der Waals surface area contributed by atoms with Crippen LogP contribution in [0.1, 0.15) is 5.56 Å². The maximum atomic E-state index is 11.4. The number of rotatable bonds is 1. The van der Waals surface area contributed by atoms with Crippen molar-refractivity contribution in [2.75, 3.05) is 0 Å². The van der Waals surface area contributed by atoms with E-state index >= 15 is 0 Å². The molecule has 0 aromatic carbocycles. The van der Waals surface area contributed by atoms with Gasteiger partial charge in [-0.1, -0.05) is 0 Å². The van der Waals surface area contributed by atoms with E-state index in [4.69, 9.17) is 4.42 Å². The van der Waals surface area contributed by atoms with Crippen LogP contribution >= 0.6 is 0 Å². The second kappa shape index (κ2) is 3.02. The zero-order chi connectivity index (χ0) is 10.1. The lowest BCUT2D eigenvalue weighted by atomic mass is 10.4. The number of H-pyrrole nitrogens is 1. The average Bonchev–Trinajstić information content (AvgIpc) is 2.64. The highest BCUT2D eigenvalue weighted by Gasteiger charge is 2.03. The highest BCUT2D eigenvalue weighted by atomic mass is 16.3. The number of hydrogen-bond donors (Lipinski definition) is 1. The van der Waals surface area contributed by atoms with Gasteiger partial charge in [0.1, 0.15) is 6.26 Å². The Labute approximate surface area is 78.6 Å². The van der Waals surface area contributed by atoms with E-state index in [-0.39, 0.29) is 5.56 Å². The quantitative estimate of drug-likeness (QED) is 0.712. The van der Waals surface area contributed by atoms with Crippen molar-refractivity contribution in [3.8, 4) is 5.69 Å². The Balaban J connectivity index is 2.72. The Morgan fingerprint density at radius 3 is 2.86 bits per heavy atom. The largest absolute Gasteiger partial charge is 0.470 e. The van der Waals surface area contributed by atoms with Gasteiger partial charge in [0.25, 0.3) is 5.56 Å². The predicted molar refractivity (Wildman–Crippen MR) is 49.7 cm³/mol.